The summed E-state index contributed by atoms with van der Waals surface area (Å²) in [5.74, 6) is 0.0978. The van der Waals surface area contributed by atoms with Gasteiger partial charge in [0.25, 0.3) is 0 Å². The van der Waals surface area contributed by atoms with Gasteiger partial charge in [-0.05, 0) is 53.6 Å². The molecule has 0 N–H and O–H groups in total. The summed E-state index contributed by atoms with van der Waals surface area (Å²) in [4.78, 5) is 14.8. The van der Waals surface area contributed by atoms with E-state index < -0.39 is 11.6 Å². The van der Waals surface area contributed by atoms with E-state index in [9.17, 15) is 14.0 Å². The minimum Gasteiger partial charge on any atom is -0.308 e. The number of para-hydroxylation sites is 1. The van der Waals surface area contributed by atoms with E-state index in [1.807, 2.05) is 115 Å². The highest BCUT2D eigenvalue weighted by molar-refractivity contribution is 6.10. The van der Waals surface area contributed by atoms with E-state index in [2.05, 4.69) is 10.6 Å². The van der Waals surface area contributed by atoms with E-state index in [4.69, 9.17) is 15.0 Å². The molecule has 0 unspecified atom stereocenters. The SMILES string of the molecule is N#Cc1ccc2c3ccccc3n(-c3cc(-c4cc(F)cc(F)c4)ccc3-c3nc(-c4ccccc4)nc(-c4ccccc4)n3)c2c1. The van der Waals surface area contributed by atoms with Crippen molar-refractivity contribution in [2.75, 3.05) is 0 Å². The van der Waals surface area contributed by atoms with Gasteiger partial charge >= 0.3 is 0 Å². The fourth-order valence-electron chi connectivity index (χ4n) is 6.03. The second kappa shape index (κ2) is 11.4. The normalized spacial score (nSPS) is 11.2. The number of hydrogen-bond acceptors (Lipinski definition) is 4. The van der Waals surface area contributed by atoms with Crippen molar-refractivity contribution < 1.29 is 8.78 Å². The van der Waals surface area contributed by atoms with Gasteiger partial charge in [0.2, 0.25) is 0 Å². The van der Waals surface area contributed by atoms with Gasteiger partial charge in [-0.2, -0.15) is 5.26 Å². The molecule has 0 fully saturated rings. The van der Waals surface area contributed by atoms with E-state index in [1.165, 1.54) is 12.1 Å². The zero-order valence-electron chi connectivity index (χ0n) is 24.8. The van der Waals surface area contributed by atoms with E-state index in [0.717, 1.165) is 39.0 Å². The monoisotopic (exact) mass is 611 g/mol. The largest absolute Gasteiger partial charge is 0.308 e. The molecular weight excluding hydrogens is 588 g/mol. The van der Waals surface area contributed by atoms with Crippen molar-refractivity contribution in [3.63, 3.8) is 0 Å². The molecule has 0 spiro atoms. The summed E-state index contributed by atoms with van der Waals surface area (Å²) >= 11 is 0. The highest BCUT2D eigenvalue weighted by atomic mass is 19.1. The molecule has 47 heavy (non-hydrogen) atoms. The van der Waals surface area contributed by atoms with Crippen LogP contribution in [0.1, 0.15) is 5.56 Å². The summed E-state index contributed by atoms with van der Waals surface area (Å²) in [6.45, 7) is 0. The van der Waals surface area contributed by atoms with Gasteiger partial charge in [0, 0.05) is 33.5 Å². The van der Waals surface area contributed by atoms with Crippen molar-refractivity contribution in [2.45, 2.75) is 0 Å². The van der Waals surface area contributed by atoms with Crippen LogP contribution in [0.4, 0.5) is 8.78 Å². The van der Waals surface area contributed by atoms with Crippen LogP contribution in [0.3, 0.4) is 0 Å². The zero-order chi connectivity index (χ0) is 31.9. The number of fused-ring (bicyclic) bond motifs is 3. The number of benzene rings is 6. The van der Waals surface area contributed by atoms with Gasteiger partial charge < -0.3 is 4.57 Å². The van der Waals surface area contributed by atoms with Crippen LogP contribution in [0.2, 0.25) is 0 Å². The Bertz CT molecular complexity index is 2420. The van der Waals surface area contributed by atoms with E-state index in [1.54, 1.807) is 6.07 Å². The molecule has 0 radical (unpaired) electrons. The molecule has 0 atom stereocenters. The molecule has 0 aliphatic heterocycles. The quantitative estimate of drug-likeness (QED) is 0.194. The van der Waals surface area contributed by atoms with Gasteiger partial charge in [0.15, 0.2) is 17.5 Å². The van der Waals surface area contributed by atoms with Crippen LogP contribution in [-0.4, -0.2) is 19.5 Å². The highest BCUT2D eigenvalue weighted by Crippen LogP contribution is 2.38. The molecule has 2 heterocycles. The molecule has 0 saturated heterocycles. The van der Waals surface area contributed by atoms with Crippen molar-refractivity contribution in [3.05, 3.63) is 157 Å². The lowest BCUT2D eigenvalue weighted by Crippen LogP contribution is -2.04. The molecule has 5 nitrogen and oxygen atoms in total. The first kappa shape index (κ1) is 28.0. The molecule has 2 aromatic heterocycles. The van der Waals surface area contributed by atoms with Crippen LogP contribution in [0.15, 0.2) is 140 Å². The van der Waals surface area contributed by atoms with Crippen molar-refractivity contribution in [2.24, 2.45) is 0 Å². The third-order valence-electron chi connectivity index (χ3n) is 8.18. The number of halogens is 2. The van der Waals surface area contributed by atoms with Crippen LogP contribution < -0.4 is 0 Å². The van der Waals surface area contributed by atoms with Gasteiger partial charge in [-0.25, -0.2) is 23.7 Å². The number of hydrogen-bond donors (Lipinski definition) is 0. The Morgan fingerprint density at radius 1 is 0.489 bits per heavy atom. The van der Waals surface area contributed by atoms with E-state index >= 15 is 0 Å². The molecule has 7 heteroatoms. The summed E-state index contributed by atoms with van der Waals surface area (Å²) in [5.41, 5.74) is 6.20. The maximum atomic E-state index is 14.4. The van der Waals surface area contributed by atoms with Crippen molar-refractivity contribution >= 4 is 21.8 Å². The second-order valence-electron chi connectivity index (χ2n) is 11.1. The van der Waals surface area contributed by atoms with Crippen LogP contribution >= 0.6 is 0 Å². The van der Waals surface area contributed by atoms with Gasteiger partial charge in [-0.3, -0.25) is 0 Å². The first-order valence-electron chi connectivity index (χ1n) is 15.0. The Labute approximate surface area is 268 Å². The lowest BCUT2D eigenvalue weighted by molar-refractivity contribution is 0.584. The number of rotatable bonds is 5. The molecule has 0 aliphatic rings. The topological polar surface area (TPSA) is 67.4 Å². The van der Waals surface area contributed by atoms with Crippen LogP contribution in [-0.2, 0) is 0 Å². The number of nitrogens with zero attached hydrogens (tertiary/aromatic N) is 5. The molecule has 222 valence electrons. The van der Waals surface area contributed by atoms with E-state index in [0.29, 0.717) is 45.4 Å². The average Bonchev–Trinajstić information content (AvgIpc) is 3.45. The highest BCUT2D eigenvalue weighted by Gasteiger charge is 2.21. The summed E-state index contributed by atoms with van der Waals surface area (Å²) in [6.07, 6.45) is 0. The van der Waals surface area contributed by atoms with Gasteiger partial charge in [0.05, 0.1) is 28.4 Å². The molecule has 6 aromatic carbocycles. The molecule has 0 amide bonds. The summed E-state index contributed by atoms with van der Waals surface area (Å²) < 4.78 is 30.9. The minimum absolute atomic E-state index is 0.388. The Kier molecular flexibility index (Phi) is 6.81. The fraction of sp³-hybridized carbons (Fsp3) is 0. The molecular formula is C40H23F2N5. The summed E-state index contributed by atoms with van der Waals surface area (Å²) in [5, 5.41) is 11.8. The lowest BCUT2D eigenvalue weighted by Gasteiger charge is -2.16. The van der Waals surface area contributed by atoms with Gasteiger partial charge in [-0.1, -0.05) is 91.0 Å². The molecule has 8 rings (SSSR count). The number of aromatic nitrogens is 4. The van der Waals surface area contributed by atoms with Crippen molar-refractivity contribution in [3.8, 4) is 57.0 Å². The van der Waals surface area contributed by atoms with E-state index in [-0.39, 0.29) is 0 Å². The van der Waals surface area contributed by atoms with Crippen molar-refractivity contribution in [1.29, 1.82) is 5.26 Å². The molecule has 0 saturated carbocycles. The molecule has 0 aliphatic carbocycles. The summed E-state index contributed by atoms with van der Waals surface area (Å²) in [7, 11) is 0. The third-order valence-corrected chi connectivity index (χ3v) is 8.18. The first-order valence-corrected chi connectivity index (χ1v) is 15.0. The van der Waals surface area contributed by atoms with Gasteiger partial charge in [-0.15, -0.1) is 0 Å². The van der Waals surface area contributed by atoms with Crippen LogP contribution in [0, 0.1) is 23.0 Å². The zero-order valence-corrected chi connectivity index (χ0v) is 24.8. The van der Waals surface area contributed by atoms with Gasteiger partial charge in [0.1, 0.15) is 11.6 Å². The lowest BCUT2D eigenvalue weighted by atomic mass is 10.0. The summed E-state index contributed by atoms with van der Waals surface area (Å²) in [6, 6.07) is 44.3. The molecule has 8 aromatic rings. The first-order chi connectivity index (χ1) is 23.1. The Morgan fingerprint density at radius 3 is 1.74 bits per heavy atom. The Balaban J connectivity index is 1.47. The maximum Gasteiger partial charge on any atom is 0.166 e. The van der Waals surface area contributed by atoms with Crippen molar-refractivity contribution in [1.82, 2.24) is 19.5 Å². The average molecular weight is 612 g/mol. The van der Waals surface area contributed by atoms with Crippen LogP contribution in [0.5, 0.6) is 0 Å². The number of nitriles is 1. The predicted octanol–water partition coefficient (Wildman–Crippen LogP) is 9.79. The smallest absolute Gasteiger partial charge is 0.166 e. The minimum atomic E-state index is -0.668. The fourth-order valence-corrected chi connectivity index (χ4v) is 6.03. The Hall–Kier alpha value is -6.52. The second-order valence-corrected chi connectivity index (χ2v) is 11.1. The predicted molar refractivity (Wildman–Crippen MR) is 181 cm³/mol. The maximum absolute atomic E-state index is 14.4. The molecule has 0 bridgehead atoms. The standard InChI is InChI=1S/C40H23F2N5/c41-30-20-29(21-31(42)23-30)28-16-18-34(37(22-28)47-35-14-8-7-13-32(35)33-17-15-25(24-43)19-36(33)47)40-45-38(26-9-3-1-4-10-26)44-39(46-40)27-11-5-2-6-12-27/h1-23H. The third kappa shape index (κ3) is 5.08. The Morgan fingerprint density at radius 2 is 1.09 bits per heavy atom. The van der Waals surface area contributed by atoms with Crippen LogP contribution in [0.25, 0.3) is 72.8 Å².